The van der Waals surface area contributed by atoms with Crippen molar-refractivity contribution in [3.63, 3.8) is 0 Å². The molecule has 3 rings (SSSR count). The number of amides is 1. The molecule has 0 aliphatic carbocycles. The number of sulfonamides is 1. The first kappa shape index (κ1) is 21.4. The third-order valence-corrected chi connectivity index (χ3v) is 6.39. The van der Waals surface area contributed by atoms with E-state index in [0.29, 0.717) is 31.2 Å². The fourth-order valence-electron chi connectivity index (χ4n) is 3.51. The molecular formula is C20H23ClFN3O3S. The number of anilines is 2. The topological polar surface area (TPSA) is 60.9 Å². The maximum absolute atomic E-state index is 13.2. The molecule has 9 heteroatoms. The molecule has 29 heavy (non-hydrogen) atoms. The molecule has 2 aromatic rings. The smallest absolute Gasteiger partial charge is 0.246 e. The normalized spacial score (nSPS) is 15.9. The average molecular weight is 440 g/mol. The van der Waals surface area contributed by atoms with Crippen molar-refractivity contribution < 1.29 is 17.6 Å². The average Bonchev–Trinajstić information content (AvgIpc) is 2.68. The van der Waals surface area contributed by atoms with Crippen molar-refractivity contribution in [1.29, 1.82) is 0 Å². The van der Waals surface area contributed by atoms with Gasteiger partial charge < -0.3 is 9.80 Å². The first-order valence-electron chi connectivity index (χ1n) is 9.21. The lowest BCUT2D eigenvalue weighted by Crippen LogP contribution is -2.55. The van der Waals surface area contributed by atoms with Crippen LogP contribution in [0.3, 0.4) is 0 Å². The third-order valence-electron chi connectivity index (χ3n) is 4.91. The van der Waals surface area contributed by atoms with Crippen molar-refractivity contribution in [3.8, 4) is 0 Å². The lowest BCUT2D eigenvalue weighted by atomic mass is 10.2. The fraction of sp³-hybridized carbons (Fsp3) is 0.350. The highest BCUT2D eigenvalue weighted by Gasteiger charge is 2.33. The first-order valence-corrected chi connectivity index (χ1v) is 11.4. The highest BCUT2D eigenvalue weighted by molar-refractivity contribution is 7.92. The maximum Gasteiger partial charge on any atom is 0.246 e. The van der Waals surface area contributed by atoms with Crippen LogP contribution >= 0.6 is 11.6 Å². The summed E-state index contributed by atoms with van der Waals surface area (Å²) in [5, 5.41) is 0.651. The molecule has 1 aliphatic rings. The van der Waals surface area contributed by atoms with E-state index in [9.17, 15) is 17.6 Å². The molecule has 1 saturated heterocycles. The van der Waals surface area contributed by atoms with E-state index in [1.165, 1.54) is 24.3 Å². The Labute approximate surface area is 175 Å². The van der Waals surface area contributed by atoms with Crippen molar-refractivity contribution in [1.82, 2.24) is 4.90 Å². The van der Waals surface area contributed by atoms with E-state index >= 15 is 0 Å². The van der Waals surface area contributed by atoms with Gasteiger partial charge in [-0.1, -0.05) is 17.7 Å². The van der Waals surface area contributed by atoms with Crippen LogP contribution in [-0.2, 0) is 14.8 Å². The van der Waals surface area contributed by atoms with E-state index in [4.69, 9.17) is 11.6 Å². The van der Waals surface area contributed by atoms with Crippen LogP contribution in [0, 0.1) is 5.82 Å². The molecule has 1 amide bonds. The van der Waals surface area contributed by atoms with Gasteiger partial charge in [0.15, 0.2) is 0 Å². The Morgan fingerprint density at radius 1 is 1.10 bits per heavy atom. The molecule has 0 radical (unpaired) electrons. The second-order valence-corrected chi connectivity index (χ2v) is 9.30. The van der Waals surface area contributed by atoms with E-state index in [0.717, 1.165) is 16.2 Å². The molecular weight excluding hydrogens is 417 g/mol. The number of halogens is 2. The minimum absolute atomic E-state index is 0.257. The number of hydrogen-bond acceptors (Lipinski definition) is 4. The molecule has 156 valence electrons. The van der Waals surface area contributed by atoms with Gasteiger partial charge in [0.1, 0.15) is 11.9 Å². The summed E-state index contributed by atoms with van der Waals surface area (Å²) in [6.45, 7) is 3.73. The molecule has 1 aliphatic heterocycles. The predicted octanol–water partition coefficient (Wildman–Crippen LogP) is 2.98. The van der Waals surface area contributed by atoms with Gasteiger partial charge in [0.05, 0.1) is 11.9 Å². The molecule has 2 aromatic carbocycles. The summed E-state index contributed by atoms with van der Waals surface area (Å²) in [6, 6.07) is 11.7. The van der Waals surface area contributed by atoms with Crippen LogP contribution in [0.2, 0.25) is 5.02 Å². The second kappa shape index (κ2) is 8.59. The maximum atomic E-state index is 13.2. The van der Waals surface area contributed by atoms with Gasteiger partial charge in [0.25, 0.3) is 0 Å². The van der Waals surface area contributed by atoms with E-state index < -0.39 is 21.9 Å². The highest BCUT2D eigenvalue weighted by atomic mass is 35.5. The summed E-state index contributed by atoms with van der Waals surface area (Å²) in [4.78, 5) is 16.8. The van der Waals surface area contributed by atoms with E-state index in [2.05, 4.69) is 4.90 Å². The molecule has 0 aromatic heterocycles. The van der Waals surface area contributed by atoms with Crippen LogP contribution < -0.4 is 9.21 Å². The van der Waals surface area contributed by atoms with E-state index in [1.807, 2.05) is 24.3 Å². The van der Waals surface area contributed by atoms with Crippen molar-refractivity contribution in [2.75, 3.05) is 41.6 Å². The Kier molecular flexibility index (Phi) is 6.33. The lowest BCUT2D eigenvalue weighted by Gasteiger charge is -2.39. The molecule has 1 atom stereocenters. The summed E-state index contributed by atoms with van der Waals surface area (Å²) in [5.41, 5.74) is 1.24. The summed E-state index contributed by atoms with van der Waals surface area (Å²) in [6.07, 6.45) is 1.04. The Bertz CT molecular complexity index is 977. The number of piperazine rings is 1. The van der Waals surface area contributed by atoms with Crippen molar-refractivity contribution >= 4 is 38.9 Å². The van der Waals surface area contributed by atoms with Gasteiger partial charge in [0.2, 0.25) is 15.9 Å². The predicted molar refractivity (Wildman–Crippen MR) is 113 cm³/mol. The molecule has 0 saturated carbocycles. The van der Waals surface area contributed by atoms with Crippen LogP contribution in [0.5, 0.6) is 0 Å². The van der Waals surface area contributed by atoms with Crippen molar-refractivity contribution in [2.24, 2.45) is 0 Å². The fourth-order valence-corrected chi connectivity index (χ4v) is 4.87. The summed E-state index contributed by atoms with van der Waals surface area (Å²) in [5.74, 6) is -0.760. The van der Waals surface area contributed by atoms with Gasteiger partial charge in [-0.15, -0.1) is 0 Å². The number of rotatable bonds is 5. The molecule has 0 unspecified atom stereocenters. The van der Waals surface area contributed by atoms with Gasteiger partial charge in [-0.2, -0.15) is 0 Å². The van der Waals surface area contributed by atoms with Gasteiger partial charge in [-0.25, -0.2) is 12.8 Å². The number of carbonyl (C=O) groups excluding carboxylic acids is 1. The zero-order valence-electron chi connectivity index (χ0n) is 16.3. The second-order valence-electron chi connectivity index (χ2n) is 7.00. The Balaban J connectivity index is 1.72. The van der Waals surface area contributed by atoms with Gasteiger partial charge in [0, 0.05) is 36.9 Å². The van der Waals surface area contributed by atoms with Crippen molar-refractivity contribution in [2.45, 2.75) is 13.0 Å². The molecule has 0 N–H and O–H groups in total. The quantitative estimate of drug-likeness (QED) is 0.718. The van der Waals surface area contributed by atoms with Gasteiger partial charge in [-0.05, 0) is 49.4 Å². The molecule has 0 bridgehead atoms. The summed E-state index contributed by atoms with van der Waals surface area (Å²) >= 11 is 6.05. The lowest BCUT2D eigenvalue weighted by molar-refractivity contribution is -0.132. The largest absolute Gasteiger partial charge is 0.368 e. The summed E-state index contributed by atoms with van der Waals surface area (Å²) in [7, 11) is -3.73. The minimum atomic E-state index is -3.73. The van der Waals surface area contributed by atoms with E-state index in [1.54, 1.807) is 11.8 Å². The SMILES string of the molecule is C[C@@H](C(=O)N1CCN(c2cccc(Cl)c2)CC1)N(c1ccc(F)cc1)S(C)(=O)=O. The number of carbonyl (C=O) groups is 1. The Morgan fingerprint density at radius 3 is 2.28 bits per heavy atom. The van der Waals surface area contributed by atoms with Crippen LogP contribution in [0.15, 0.2) is 48.5 Å². The number of benzene rings is 2. The van der Waals surface area contributed by atoms with Gasteiger partial charge >= 0.3 is 0 Å². The number of hydrogen-bond donors (Lipinski definition) is 0. The highest BCUT2D eigenvalue weighted by Crippen LogP contribution is 2.24. The standard InChI is InChI=1S/C20H23ClFN3O3S/c1-15(25(29(2,27)28)18-8-6-17(22)7-9-18)20(26)24-12-10-23(11-13-24)19-5-3-4-16(21)14-19/h3-9,14-15H,10-13H2,1-2H3/t15-/m0/s1. The zero-order valence-corrected chi connectivity index (χ0v) is 17.8. The molecule has 6 nitrogen and oxygen atoms in total. The number of nitrogens with zero attached hydrogens (tertiary/aromatic N) is 3. The Morgan fingerprint density at radius 2 is 1.72 bits per heavy atom. The van der Waals surface area contributed by atoms with Gasteiger partial charge in [-0.3, -0.25) is 9.10 Å². The molecule has 1 heterocycles. The van der Waals surface area contributed by atoms with Crippen LogP contribution in [0.25, 0.3) is 0 Å². The van der Waals surface area contributed by atoms with Crippen LogP contribution in [0.4, 0.5) is 15.8 Å². The van der Waals surface area contributed by atoms with Crippen molar-refractivity contribution in [3.05, 3.63) is 59.4 Å². The minimum Gasteiger partial charge on any atom is -0.368 e. The zero-order chi connectivity index (χ0) is 21.2. The monoisotopic (exact) mass is 439 g/mol. The Hall–Kier alpha value is -2.32. The first-order chi connectivity index (χ1) is 13.7. The van der Waals surface area contributed by atoms with Crippen LogP contribution in [0.1, 0.15) is 6.92 Å². The van der Waals surface area contributed by atoms with Crippen LogP contribution in [-0.4, -0.2) is 57.7 Å². The molecule has 0 spiro atoms. The van der Waals surface area contributed by atoms with E-state index in [-0.39, 0.29) is 11.6 Å². The summed E-state index contributed by atoms with van der Waals surface area (Å²) < 4.78 is 39.0. The molecule has 1 fully saturated rings. The third kappa shape index (κ3) is 5.00.